The lowest BCUT2D eigenvalue weighted by atomic mass is 10.1. The third-order valence-electron chi connectivity index (χ3n) is 1.88. The standard InChI is InChI=1S/C11H14O3/c1-3-14-11(13)7-9-5-4-8(2)6-10(9)12/h4-6,12H,3,7H2,1-2H3. The number of hydrogen-bond acceptors (Lipinski definition) is 3. The predicted molar refractivity (Wildman–Crippen MR) is 53.2 cm³/mol. The van der Waals surface area contributed by atoms with Crippen molar-refractivity contribution in [3.8, 4) is 5.75 Å². The number of phenolic OH excluding ortho intramolecular Hbond substituents is 1. The molecule has 3 heteroatoms. The molecule has 0 aliphatic carbocycles. The fourth-order valence-corrected chi connectivity index (χ4v) is 1.19. The molecule has 0 radical (unpaired) electrons. The number of hydrogen-bond donors (Lipinski definition) is 1. The molecule has 76 valence electrons. The van der Waals surface area contributed by atoms with Crippen LogP contribution in [-0.4, -0.2) is 17.7 Å². The summed E-state index contributed by atoms with van der Waals surface area (Å²) in [4.78, 5) is 11.1. The summed E-state index contributed by atoms with van der Waals surface area (Å²) >= 11 is 0. The largest absolute Gasteiger partial charge is 0.508 e. The summed E-state index contributed by atoms with van der Waals surface area (Å²) < 4.78 is 4.78. The van der Waals surface area contributed by atoms with Crippen LogP contribution in [-0.2, 0) is 16.0 Å². The van der Waals surface area contributed by atoms with Crippen LogP contribution in [0.15, 0.2) is 18.2 Å². The Bertz CT molecular complexity index is 331. The smallest absolute Gasteiger partial charge is 0.310 e. The highest BCUT2D eigenvalue weighted by Gasteiger charge is 2.07. The van der Waals surface area contributed by atoms with Gasteiger partial charge in [-0.3, -0.25) is 4.79 Å². The van der Waals surface area contributed by atoms with Crippen molar-refractivity contribution in [2.45, 2.75) is 20.3 Å². The molecule has 3 nitrogen and oxygen atoms in total. The zero-order valence-corrected chi connectivity index (χ0v) is 8.41. The third kappa shape index (κ3) is 2.76. The van der Waals surface area contributed by atoms with E-state index in [-0.39, 0.29) is 18.1 Å². The van der Waals surface area contributed by atoms with Gasteiger partial charge in [-0.2, -0.15) is 0 Å². The van der Waals surface area contributed by atoms with Gasteiger partial charge >= 0.3 is 5.97 Å². The lowest BCUT2D eigenvalue weighted by molar-refractivity contribution is -0.142. The van der Waals surface area contributed by atoms with Gasteiger partial charge in [0, 0.05) is 5.56 Å². The molecule has 0 spiro atoms. The molecule has 0 aliphatic rings. The summed E-state index contributed by atoms with van der Waals surface area (Å²) in [6, 6.07) is 5.23. The molecule has 0 saturated carbocycles. The maximum atomic E-state index is 11.1. The van der Waals surface area contributed by atoms with Crippen LogP contribution in [0.25, 0.3) is 0 Å². The van der Waals surface area contributed by atoms with Crippen LogP contribution in [0.1, 0.15) is 18.1 Å². The monoisotopic (exact) mass is 194 g/mol. The van der Waals surface area contributed by atoms with Gasteiger partial charge in [0.25, 0.3) is 0 Å². The summed E-state index contributed by atoms with van der Waals surface area (Å²) in [5.74, 6) is -0.162. The minimum Gasteiger partial charge on any atom is -0.508 e. The van der Waals surface area contributed by atoms with E-state index >= 15 is 0 Å². The van der Waals surface area contributed by atoms with Crippen molar-refractivity contribution in [3.63, 3.8) is 0 Å². The number of rotatable bonds is 3. The van der Waals surface area contributed by atoms with Gasteiger partial charge < -0.3 is 9.84 Å². The lowest BCUT2D eigenvalue weighted by Gasteiger charge is -2.04. The van der Waals surface area contributed by atoms with Crippen molar-refractivity contribution < 1.29 is 14.6 Å². The van der Waals surface area contributed by atoms with E-state index in [1.165, 1.54) is 0 Å². The Morgan fingerprint density at radius 1 is 1.50 bits per heavy atom. The molecule has 0 unspecified atom stereocenters. The Balaban J connectivity index is 2.72. The quantitative estimate of drug-likeness (QED) is 0.746. The number of carbonyl (C=O) groups excluding carboxylic acids is 1. The fraction of sp³-hybridized carbons (Fsp3) is 0.364. The Morgan fingerprint density at radius 2 is 2.21 bits per heavy atom. The highest BCUT2D eigenvalue weighted by molar-refractivity contribution is 5.73. The van der Waals surface area contributed by atoms with Gasteiger partial charge in [-0.25, -0.2) is 0 Å². The lowest BCUT2D eigenvalue weighted by Crippen LogP contribution is -2.07. The number of benzene rings is 1. The molecular weight excluding hydrogens is 180 g/mol. The highest BCUT2D eigenvalue weighted by Crippen LogP contribution is 2.19. The van der Waals surface area contributed by atoms with Gasteiger partial charge in [-0.15, -0.1) is 0 Å². The van der Waals surface area contributed by atoms with Gasteiger partial charge in [0.05, 0.1) is 13.0 Å². The van der Waals surface area contributed by atoms with E-state index in [4.69, 9.17) is 4.74 Å². The van der Waals surface area contributed by atoms with Gasteiger partial charge in [0.2, 0.25) is 0 Å². The van der Waals surface area contributed by atoms with Crippen LogP contribution in [0.4, 0.5) is 0 Å². The van der Waals surface area contributed by atoms with Crippen molar-refractivity contribution in [3.05, 3.63) is 29.3 Å². The van der Waals surface area contributed by atoms with Crippen molar-refractivity contribution in [1.29, 1.82) is 0 Å². The van der Waals surface area contributed by atoms with Crippen LogP contribution < -0.4 is 0 Å². The Kier molecular flexibility index (Phi) is 3.51. The van der Waals surface area contributed by atoms with Crippen molar-refractivity contribution in [2.24, 2.45) is 0 Å². The molecule has 0 bridgehead atoms. The van der Waals surface area contributed by atoms with E-state index in [9.17, 15) is 9.90 Å². The normalized spacial score (nSPS) is 9.86. The third-order valence-corrected chi connectivity index (χ3v) is 1.88. The average Bonchev–Trinajstić information content (AvgIpc) is 2.10. The Morgan fingerprint density at radius 3 is 2.79 bits per heavy atom. The first-order valence-electron chi connectivity index (χ1n) is 4.57. The van der Waals surface area contributed by atoms with Crippen LogP contribution in [0.5, 0.6) is 5.75 Å². The SMILES string of the molecule is CCOC(=O)Cc1ccc(C)cc1O. The molecule has 1 N–H and O–H groups in total. The fourth-order valence-electron chi connectivity index (χ4n) is 1.19. The van der Waals surface area contributed by atoms with Crippen molar-refractivity contribution >= 4 is 5.97 Å². The Hall–Kier alpha value is -1.51. The number of carbonyl (C=O) groups is 1. The second-order valence-electron chi connectivity index (χ2n) is 3.11. The summed E-state index contributed by atoms with van der Waals surface area (Å²) in [5.41, 5.74) is 1.57. The number of aromatic hydroxyl groups is 1. The molecule has 1 aromatic carbocycles. The van der Waals surface area contributed by atoms with E-state index in [1.54, 1.807) is 19.1 Å². The van der Waals surface area contributed by atoms with E-state index in [1.807, 2.05) is 13.0 Å². The van der Waals surface area contributed by atoms with E-state index in [0.717, 1.165) is 5.56 Å². The van der Waals surface area contributed by atoms with Crippen LogP contribution >= 0.6 is 0 Å². The first-order valence-corrected chi connectivity index (χ1v) is 4.57. The van der Waals surface area contributed by atoms with E-state index < -0.39 is 0 Å². The van der Waals surface area contributed by atoms with Gasteiger partial charge in [0.15, 0.2) is 0 Å². The second kappa shape index (κ2) is 4.65. The topological polar surface area (TPSA) is 46.5 Å². The zero-order chi connectivity index (χ0) is 10.6. The molecule has 14 heavy (non-hydrogen) atoms. The van der Waals surface area contributed by atoms with Crippen LogP contribution in [0.2, 0.25) is 0 Å². The summed E-state index contributed by atoms with van der Waals surface area (Å²) in [6.07, 6.45) is 0.125. The van der Waals surface area contributed by atoms with Crippen molar-refractivity contribution in [2.75, 3.05) is 6.61 Å². The van der Waals surface area contributed by atoms with Crippen molar-refractivity contribution in [1.82, 2.24) is 0 Å². The molecule has 1 rings (SSSR count). The number of esters is 1. The molecule has 1 aromatic rings. The maximum Gasteiger partial charge on any atom is 0.310 e. The summed E-state index contributed by atoms with van der Waals surface area (Å²) in [5, 5.41) is 9.50. The van der Waals surface area contributed by atoms with Gasteiger partial charge in [-0.1, -0.05) is 12.1 Å². The first kappa shape index (κ1) is 10.6. The number of phenols is 1. The van der Waals surface area contributed by atoms with Gasteiger partial charge in [0.1, 0.15) is 5.75 Å². The average molecular weight is 194 g/mol. The first-order chi connectivity index (χ1) is 6.63. The molecule has 0 saturated heterocycles. The summed E-state index contributed by atoms with van der Waals surface area (Å²) in [6.45, 7) is 4.01. The number of aryl methyl sites for hydroxylation is 1. The number of ether oxygens (including phenoxy) is 1. The molecule has 0 heterocycles. The second-order valence-corrected chi connectivity index (χ2v) is 3.11. The zero-order valence-electron chi connectivity index (χ0n) is 8.41. The molecule has 0 amide bonds. The minimum atomic E-state index is -0.313. The predicted octanol–water partition coefficient (Wildman–Crippen LogP) is 1.81. The van der Waals surface area contributed by atoms with Crippen LogP contribution in [0, 0.1) is 6.92 Å². The minimum absolute atomic E-state index is 0.125. The van der Waals surface area contributed by atoms with E-state index in [2.05, 4.69) is 0 Å². The molecule has 0 fully saturated rings. The van der Waals surface area contributed by atoms with Gasteiger partial charge in [-0.05, 0) is 25.5 Å². The Labute approximate surface area is 83.3 Å². The maximum absolute atomic E-state index is 11.1. The molecule has 0 aliphatic heterocycles. The molecular formula is C11H14O3. The summed E-state index contributed by atoms with van der Waals surface area (Å²) in [7, 11) is 0. The molecule has 0 atom stereocenters. The highest BCUT2D eigenvalue weighted by atomic mass is 16.5. The van der Waals surface area contributed by atoms with Crippen LogP contribution in [0.3, 0.4) is 0 Å². The van der Waals surface area contributed by atoms with E-state index in [0.29, 0.717) is 12.2 Å². The molecule has 0 aromatic heterocycles.